The zero-order valence-electron chi connectivity index (χ0n) is 12.5. The van der Waals surface area contributed by atoms with Crippen LogP contribution in [0.25, 0.3) is 11.3 Å². The van der Waals surface area contributed by atoms with Crippen LogP contribution in [0.4, 0.5) is 0 Å². The second-order valence-electron chi connectivity index (χ2n) is 5.92. The number of carbonyl (C=O) groups excluding carboxylic acids is 2. The summed E-state index contributed by atoms with van der Waals surface area (Å²) in [6.45, 7) is 4.51. The fourth-order valence-corrected chi connectivity index (χ4v) is 3.18. The maximum Gasteiger partial charge on any atom is 0.253 e. The number of nitrogens with zero attached hydrogens (tertiary/aromatic N) is 2. The summed E-state index contributed by atoms with van der Waals surface area (Å²) in [6, 6.07) is 7.39. The van der Waals surface area contributed by atoms with Gasteiger partial charge >= 0.3 is 0 Å². The van der Waals surface area contributed by atoms with E-state index in [0.717, 1.165) is 16.3 Å². The summed E-state index contributed by atoms with van der Waals surface area (Å²) in [5, 5.41) is 3.02. The van der Waals surface area contributed by atoms with Crippen LogP contribution in [-0.4, -0.2) is 34.8 Å². The fraction of sp³-hybridized carbons (Fsp3) is 0.312. The number of carbonyl (C=O) groups is 2. The second kappa shape index (κ2) is 5.21. The molecule has 6 heteroatoms. The van der Waals surface area contributed by atoms with Crippen molar-refractivity contribution in [1.29, 1.82) is 0 Å². The van der Waals surface area contributed by atoms with E-state index in [0.29, 0.717) is 18.7 Å². The van der Waals surface area contributed by atoms with Crippen molar-refractivity contribution in [2.24, 2.45) is 11.1 Å². The molecule has 1 aliphatic rings. The minimum absolute atomic E-state index is 0.0697. The van der Waals surface area contributed by atoms with Crippen LogP contribution in [0.5, 0.6) is 0 Å². The smallest absolute Gasteiger partial charge is 0.253 e. The number of aryl methyl sites for hydroxylation is 1. The largest absolute Gasteiger partial charge is 0.369 e. The van der Waals surface area contributed by atoms with E-state index in [1.807, 2.05) is 24.4 Å². The molecule has 5 nitrogen and oxygen atoms in total. The number of hydrogen-bond donors (Lipinski definition) is 1. The molecule has 22 heavy (non-hydrogen) atoms. The zero-order chi connectivity index (χ0) is 15.9. The predicted molar refractivity (Wildman–Crippen MR) is 85.5 cm³/mol. The predicted octanol–water partition coefficient (Wildman–Crippen LogP) is 2.07. The molecular formula is C16H17N3O2S. The Morgan fingerprint density at radius 2 is 1.91 bits per heavy atom. The molecule has 0 unspecified atom stereocenters. The van der Waals surface area contributed by atoms with Crippen molar-refractivity contribution >= 4 is 23.2 Å². The third-order valence-electron chi connectivity index (χ3n) is 4.01. The highest BCUT2D eigenvalue weighted by Gasteiger charge is 2.45. The summed E-state index contributed by atoms with van der Waals surface area (Å²) in [6.07, 6.45) is 0. The number of nitrogens with two attached hydrogens (primary N) is 1. The van der Waals surface area contributed by atoms with Crippen molar-refractivity contribution < 1.29 is 9.59 Å². The number of aromatic nitrogens is 1. The van der Waals surface area contributed by atoms with Crippen molar-refractivity contribution in [2.45, 2.75) is 13.8 Å². The molecule has 1 aromatic heterocycles. The summed E-state index contributed by atoms with van der Waals surface area (Å²) >= 11 is 1.60. The number of likely N-dealkylation sites (tertiary alicyclic amines) is 1. The molecular weight excluding hydrogens is 298 g/mol. The number of primary amides is 1. The number of thiazole rings is 1. The Balaban J connectivity index is 1.71. The van der Waals surface area contributed by atoms with Gasteiger partial charge in [-0.1, -0.05) is 12.1 Å². The first-order valence-electron chi connectivity index (χ1n) is 7.01. The van der Waals surface area contributed by atoms with Gasteiger partial charge in [-0.2, -0.15) is 0 Å². The minimum atomic E-state index is -0.590. The lowest BCUT2D eigenvalue weighted by atomic mass is 9.81. The van der Waals surface area contributed by atoms with Crippen LogP contribution in [-0.2, 0) is 4.79 Å². The van der Waals surface area contributed by atoms with Gasteiger partial charge in [0, 0.05) is 29.6 Å². The van der Waals surface area contributed by atoms with Gasteiger partial charge in [-0.25, -0.2) is 4.98 Å². The van der Waals surface area contributed by atoms with Gasteiger partial charge in [-0.3, -0.25) is 9.59 Å². The molecule has 2 N–H and O–H groups in total. The fourth-order valence-electron chi connectivity index (χ4n) is 2.56. The molecule has 0 radical (unpaired) electrons. The normalized spacial score (nSPS) is 16.2. The first kappa shape index (κ1) is 14.7. The Hall–Kier alpha value is -2.21. The van der Waals surface area contributed by atoms with E-state index in [1.54, 1.807) is 35.3 Å². The Bertz CT molecular complexity index is 730. The number of benzene rings is 1. The van der Waals surface area contributed by atoms with E-state index < -0.39 is 5.41 Å². The summed E-state index contributed by atoms with van der Waals surface area (Å²) in [5.74, 6) is -0.425. The van der Waals surface area contributed by atoms with Gasteiger partial charge in [0.2, 0.25) is 5.91 Å². The summed E-state index contributed by atoms with van der Waals surface area (Å²) < 4.78 is 0. The van der Waals surface area contributed by atoms with Gasteiger partial charge in [-0.05, 0) is 26.0 Å². The van der Waals surface area contributed by atoms with E-state index in [2.05, 4.69) is 4.98 Å². The molecule has 0 saturated carbocycles. The highest BCUT2D eigenvalue weighted by molar-refractivity contribution is 7.09. The van der Waals surface area contributed by atoms with Crippen LogP contribution >= 0.6 is 11.3 Å². The molecule has 114 valence electrons. The molecule has 0 aliphatic carbocycles. The minimum Gasteiger partial charge on any atom is -0.369 e. The van der Waals surface area contributed by atoms with Crippen LogP contribution in [0.15, 0.2) is 29.6 Å². The standard InChI is InChI=1S/C16H17N3O2S/c1-10-18-13(7-22-10)11-3-5-12(6-4-11)14(20)19-8-16(2,9-19)15(17)21/h3-7H,8-9H2,1-2H3,(H2,17,21). The van der Waals surface area contributed by atoms with E-state index in [9.17, 15) is 9.59 Å². The van der Waals surface area contributed by atoms with Crippen LogP contribution in [0.3, 0.4) is 0 Å². The van der Waals surface area contributed by atoms with Crippen molar-refractivity contribution in [1.82, 2.24) is 9.88 Å². The molecule has 0 atom stereocenters. The third-order valence-corrected chi connectivity index (χ3v) is 4.78. The van der Waals surface area contributed by atoms with E-state index >= 15 is 0 Å². The van der Waals surface area contributed by atoms with Crippen LogP contribution in [0.1, 0.15) is 22.3 Å². The Morgan fingerprint density at radius 3 is 2.41 bits per heavy atom. The molecule has 1 aromatic carbocycles. The maximum atomic E-state index is 12.3. The Morgan fingerprint density at radius 1 is 1.27 bits per heavy atom. The topological polar surface area (TPSA) is 76.3 Å². The van der Waals surface area contributed by atoms with E-state index in [4.69, 9.17) is 5.73 Å². The highest BCUT2D eigenvalue weighted by atomic mass is 32.1. The molecule has 2 heterocycles. The molecule has 0 bridgehead atoms. The lowest BCUT2D eigenvalue weighted by Crippen LogP contribution is -2.62. The molecule has 2 aromatic rings. The lowest BCUT2D eigenvalue weighted by molar-refractivity contribution is -0.134. The average Bonchev–Trinajstić information content (AvgIpc) is 2.89. The zero-order valence-corrected chi connectivity index (χ0v) is 13.3. The van der Waals surface area contributed by atoms with Gasteiger partial charge in [0.05, 0.1) is 16.1 Å². The highest BCUT2D eigenvalue weighted by Crippen LogP contribution is 2.31. The van der Waals surface area contributed by atoms with Gasteiger partial charge in [-0.15, -0.1) is 11.3 Å². The molecule has 3 rings (SSSR count). The van der Waals surface area contributed by atoms with E-state index in [1.165, 1.54) is 0 Å². The number of hydrogen-bond acceptors (Lipinski definition) is 4. The third kappa shape index (κ3) is 2.50. The van der Waals surface area contributed by atoms with Crippen molar-refractivity contribution in [2.75, 3.05) is 13.1 Å². The van der Waals surface area contributed by atoms with Gasteiger partial charge in [0.25, 0.3) is 5.91 Å². The number of rotatable bonds is 3. The first-order chi connectivity index (χ1) is 10.4. The number of amides is 2. The van der Waals surface area contributed by atoms with Crippen molar-refractivity contribution in [3.8, 4) is 11.3 Å². The molecule has 0 spiro atoms. The summed E-state index contributed by atoms with van der Waals surface area (Å²) in [7, 11) is 0. The quantitative estimate of drug-likeness (QED) is 0.942. The second-order valence-corrected chi connectivity index (χ2v) is 6.98. The van der Waals surface area contributed by atoms with E-state index in [-0.39, 0.29) is 11.8 Å². The van der Waals surface area contributed by atoms with Crippen LogP contribution < -0.4 is 5.73 Å². The molecule has 2 amide bonds. The van der Waals surface area contributed by atoms with Crippen LogP contribution in [0, 0.1) is 12.3 Å². The summed E-state index contributed by atoms with van der Waals surface area (Å²) in [4.78, 5) is 29.7. The Kier molecular flexibility index (Phi) is 3.48. The van der Waals surface area contributed by atoms with Crippen molar-refractivity contribution in [3.05, 3.63) is 40.2 Å². The maximum absolute atomic E-state index is 12.3. The average molecular weight is 315 g/mol. The molecule has 1 fully saturated rings. The monoisotopic (exact) mass is 315 g/mol. The molecule has 1 saturated heterocycles. The van der Waals surface area contributed by atoms with Crippen molar-refractivity contribution in [3.63, 3.8) is 0 Å². The Labute approximate surface area is 132 Å². The van der Waals surface area contributed by atoms with Crippen LogP contribution in [0.2, 0.25) is 0 Å². The van der Waals surface area contributed by atoms with Gasteiger partial charge < -0.3 is 10.6 Å². The molecule has 1 aliphatic heterocycles. The lowest BCUT2D eigenvalue weighted by Gasteiger charge is -2.45. The first-order valence-corrected chi connectivity index (χ1v) is 7.89. The SMILES string of the molecule is Cc1nc(-c2ccc(C(=O)N3CC(C)(C(N)=O)C3)cc2)cs1. The van der Waals surface area contributed by atoms with Gasteiger partial charge in [0.1, 0.15) is 0 Å². The van der Waals surface area contributed by atoms with Gasteiger partial charge in [0.15, 0.2) is 0 Å². The summed E-state index contributed by atoms with van der Waals surface area (Å²) in [5.41, 5.74) is 7.28.